The van der Waals surface area contributed by atoms with Crippen LogP contribution in [-0.4, -0.2) is 19.0 Å². The van der Waals surface area contributed by atoms with Crippen LogP contribution in [0, 0.1) is 5.92 Å². The van der Waals surface area contributed by atoms with Gasteiger partial charge >= 0.3 is 6.18 Å². The van der Waals surface area contributed by atoms with Crippen molar-refractivity contribution in [2.45, 2.75) is 12.1 Å². The van der Waals surface area contributed by atoms with E-state index in [0.717, 1.165) is 24.2 Å². The van der Waals surface area contributed by atoms with Crippen LogP contribution in [0.2, 0.25) is 0 Å². The Morgan fingerprint density at radius 1 is 0.906 bits per heavy atom. The Kier molecular flexibility index (Phi) is 7.43. The number of anilines is 1. The third-order valence-electron chi connectivity index (χ3n) is 5.30. The topological polar surface area (TPSA) is 50.4 Å². The van der Waals surface area contributed by atoms with E-state index < -0.39 is 11.7 Å². The summed E-state index contributed by atoms with van der Waals surface area (Å²) < 4.78 is 43.8. The molecule has 1 aliphatic heterocycles. The Labute approximate surface area is 190 Å². The number of benzene rings is 3. The number of alkyl halides is 3. The van der Waals surface area contributed by atoms with Crippen molar-refractivity contribution in [1.82, 2.24) is 5.32 Å². The number of carbonyl (C=O) groups excluding carboxylic acids is 1. The molecule has 3 aromatic rings. The number of halogens is 4. The minimum Gasteiger partial charge on any atom is -0.457 e. The molecule has 1 amide bonds. The molecule has 0 aliphatic carbocycles. The van der Waals surface area contributed by atoms with Gasteiger partial charge in [-0.05, 0) is 42.0 Å². The van der Waals surface area contributed by atoms with Gasteiger partial charge in [0.1, 0.15) is 11.5 Å². The van der Waals surface area contributed by atoms with E-state index in [0.29, 0.717) is 18.0 Å². The van der Waals surface area contributed by atoms with E-state index in [-0.39, 0.29) is 35.9 Å². The molecule has 0 spiro atoms. The van der Waals surface area contributed by atoms with Crippen LogP contribution >= 0.6 is 12.4 Å². The molecule has 32 heavy (non-hydrogen) atoms. The first-order valence-electron chi connectivity index (χ1n) is 9.92. The molecule has 168 valence electrons. The first-order valence-corrected chi connectivity index (χ1v) is 9.92. The first kappa shape index (κ1) is 23.6. The van der Waals surface area contributed by atoms with Crippen LogP contribution in [0.3, 0.4) is 0 Å². The molecule has 1 heterocycles. The Hall–Kier alpha value is -3.03. The highest BCUT2D eigenvalue weighted by molar-refractivity contribution is 5.93. The highest BCUT2D eigenvalue weighted by Crippen LogP contribution is 2.32. The van der Waals surface area contributed by atoms with Gasteiger partial charge < -0.3 is 15.4 Å². The van der Waals surface area contributed by atoms with Crippen molar-refractivity contribution < 1.29 is 22.7 Å². The zero-order valence-electron chi connectivity index (χ0n) is 16.9. The lowest BCUT2D eigenvalue weighted by molar-refractivity contribution is -0.137. The third kappa shape index (κ3) is 5.60. The van der Waals surface area contributed by atoms with E-state index in [9.17, 15) is 18.0 Å². The normalized spacial score (nSPS) is 18.0. The molecule has 0 bridgehead atoms. The summed E-state index contributed by atoms with van der Waals surface area (Å²) in [5.74, 6) is 0.488. The van der Waals surface area contributed by atoms with Crippen LogP contribution in [0.25, 0.3) is 0 Å². The molecule has 2 N–H and O–H groups in total. The number of amides is 1. The Morgan fingerprint density at radius 2 is 1.62 bits per heavy atom. The van der Waals surface area contributed by atoms with Crippen molar-refractivity contribution in [1.29, 1.82) is 0 Å². The average molecular weight is 463 g/mol. The van der Waals surface area contributed by atoms with Crippen LogP contribution < -0.4 is 15.4 Å². The molecular weight excluding hydrogens is 441 g/mol. The van der Waals surface area contributed by atoms with Crippen LogP contribution in [0.15, 0.2) is 78.9 Å². The quantitative estimate of drug-likeness (QED) is 0.499. The lowest BCUT2D eigenvalue weighted by Gasteiger charge is -2.19. The molecule has 2 atom stereocenters. The summed E-state index contributed by atoms with van der Waals surface area (Å²) in [5, 5.41) is 6.21. The van der Waals surface area contributed by atoms with E-state index in [1.807, 2.05) is 30.3 Å². The summed E-state index contributed by atoms with van der Waals surface area (Å²) >= 11 is 0. The molecule has 4 rings (SSSR count). The molecule has 1 saturated heterocycles. The summed E-state index contributed by atoms with van der Waals surface area (Å²) in [6, 6.07) is 21.2. The third-order valence-corrected chi connectivity index (χ3v) is 5.30. The molecular formula is C24H22ClF3N2O2. The molecule has 0 unspecified atom stereocenters. The van der Waals surface area contributed by atoms with Crippen LogP contribution in [0.4, 0.5) is 18.9 Å². The predicted molar refractivity (Wildman–Crippen MR) is 119 cm³/mol. The van der Waals surface area contributed by atoms with E-state index in [1.165, 1.54) is 12.1 Å². The second kappa shape index (κ2) is 10.1. The van der Waals surface area contributed by atoms with E-state index >= 15 is 0 Å². The monoisotopic (exact) mass is 462 g/mol. The van der Waals surface area contributed by atoms with Gasteiger partial charge in [-0.25, -0.2) is 0 Å². The van der Waals surface area contributed by atoms with Crippen LogP contribution in [0.5, 0.6) is 11.5 Å². The number of ether oxygens (including phenoxy) is 1. The maximum atomic E-state index is 12.9. The zero-order valence-corrected chi connectivity index (χ0v) is 17.7. The van der Waals surface area contributed by atoms with Crippen molar-refractivity contribution in [2.24, 2.45) is 5.92 Å². The molecule has 0 radical (unpaired) electrons. The number of hydrogen-bond donors (Lipinski definition) is 2. The van der Waals surface area contributed by atoms with E-state index in [4.69, 9.17) is 4.74 Å². The summed E-state index contributed by atoms with van der Waals surface area (Å²) in [7, 11) is 0. The fourth-order valence-corrected chi connectivity index (χ4v) is 3.73. The van der Waals surface area contributed by atoms with Crippen molar-refractivity contribution in [3.8, 4) is 11.5 Å². The van der Waals surface area contributed by atoms with Crippen LogP contribution in [-0.2, 0) is 11.0 Å². The van der Waals surface area contributed by atoms with Crippen molar-refractivity contribution in [3.63, 3.8) is 0 Å². The van der Waals surface area contributed by atoms with Gasteiger partial charge in [0.05, 0.1) is 11.5 Å². The highest BCUT2D eigenvalue weighted by atomic mass is 35.5. The smallest absolute Gasteiger partial charge is 0.416 e. The molecule has 0 aromatic heterocycles. The standard InChI is InChI=1S/C24H21F3N2O2.ClH/c25-24(26,27)17-9-11-19(12-10-17)31-20-8-4-7-18(13-20)29-23(30)22-15-28-14-21(22)16-5-2-1-3-6-16;/h1-13,21-22,28H,14-15H2,(H,29,30);1H/t21-,22+;/m1./s1. The molecule has 4 nitrogen and oxygen atoms in total. The Balaban J connectivity index is 0.00000289. The molecule has 1 aliphatic rings. The maximum Gasteiger partial charge on any atom is 0.416 e. The minimum atomic E-state index is -4.39. The molecule has 3 aromatic carbocycles. The first-order chi connectivity index (χ1) is 14.9. The summed E-state index contributed by atoms with van der Waals surface area (Å²) in [6.07, 6.45) is -4.39. The number of carbonyl (C=O) groups is 1. The predicted octanol–water partition coefficient (Wildman–Crippen LogP) is 5.86. The van der Waals surface area contributed by atoms with Gasteiger partial charge in [-0.1, -0.05) is 36.4 Å². The summed E-state index contributed by atoms with van der Waals surface area (Å²) in [4.78, 5) is 12.9. The second-order valence-electron chi connectivity index (χ2n) is 7.42. The number of nitrogens with one attached hydrogen (secondary N) is 2. The second-order valence-corrected chi connectivity index (χ2v) is 7.42. The maximum absolute atomic E-state index is 12.9. The molecule has 1 fully saturated rings. The summed E-state index contributed by atoms with van der Waals surface area (Å²) in [6.45, 7) is 1.33. The average Bonchev–Trinajstić information content (AvgIpc) is 3.25. The Morgan fingerprint density at radius 3 is 2.31 bits per heavy atom. The fourth-order valence-electron chi connectivity index (χ4n) is 3.73. The lowest BCUT2D eigenvalue weighted by atomic mass is 9.88. The molecule has 0 saturated carbocycles. The van der Waals surface area contributed by atoms with E-state index in [2.05, 4.69) is 10.6 Å². The van der Waals surface area contributed by atoms with Crippen molar-refractivity contribution >= 4 is 24.0 Å². The van der Waals surface area contributed by atoms with Crippen molar-refractivity contribution in [3.05, 3.63) is 90.0 Å². The SMILES string of the molecule is Cl.O=C(Nc1cccc(Oc2ccc(C(F)(F)F)cc2)c1)[C@H]1CNC[C@@H]1c1ccccc1. The van der Waals surface area contributed by atoms with Gasteiger partial charge in [-0.15, -0.1) is 12.4 Å². The zero-order chi connectivity index (χ0) is 21.8. The fraction of sp³-hybridized carbons (Fsp3) is 0.208. The summed E-state index contributed by atoms with van der Waals surface area (Å²) in [5.41, 5.74) is 0.944. The molecule has 8 heteroatoms. The van der Waals surface area contributed by atoms with Crippen molar-refractivity contribution in [2.75, 3.05) is 18.4 Å². The van der Waals surface area contributed by atoms with Crippen LogP contribution in [0.1, 0.15) is 17.0 Å². The van der Waals surface area contributed by atoms with Gasteiger partial charge in [-0.2, -0.15) is 13.2 Å². The van der Waals surface area contributed by atoms with Gasteiger partial charge in [-0.3, -0.25) is 4.79 Å². The minimum absolute atomic E-state index is 0. The lowest BCUT2D eigenvalue weighted by Crippen LogP contribution is -2.28. The Bertz CT molecular complexity index is 1040. The highest BCUT2D eigenvalue weighted by Gasteiger charge is 2.34. The van der Waals surface area contributed by atoms with Gasteiger partial charge in [0, 0.05) is 30.8 Å². The largest absolute Gasteiger partial charge is 0.457 e. The van der Waals surface area contributed by atoms with Gasteiger partial charge in [0.15, 0.2) is 0 Å². The van der Waals surface area contributed by atoms with Gasteiger partial charge in [0.2, 0.25) is 5.91 Å². The van der Waals surface area contributed by atoms with E-state index in [1.54, 1.807) is 24.3 Å². The number of hydrogen-bond acceptors (Lipinski definition) is 3. The van der Waals surface area contributed by atoms with Gasteiger partial charge in [0.25, 0.3) is 0 Å². The number of rotatable bonds is 5.